The van der Waals surface area contributed by atoms with E-state index in [1.54, 1.807) is 6.26 Å². The second-order valence-corrected chi connectivity index (χ2v) is 3.64. The molecule has 0 bridgehead atoms. The maximum Gasteiger partial charge on any atom is 0.210 e. The molecule has 0 saturated carbocycles. The van der Waals surface area contributed by atoms with E-state index in [1.807, 2.05) is 19.9 Å². The average Bonchev–Trinajstić information content (AvgIpc) is 2.74. The van der Waals surface area contributed by atoms with Crippen LogP contribution in [0, 0.1) is 6.92 Å². The van der Waals surface area contributed by atoms with Gasteiger partial charge in [0, 0.05) is 18.1 Å². The van der Waals surface area contributed by atoms with Gasteiger partial charge in [-0.25, -0.2) is 0 Å². The molecule has 0 saturated heterocycles. The van der Waals surface area contributed by atoms with Crippen molar-refractivity contribution in [3.05, 3.63) is 17.9 Å². The van der Waals surface area contributed by atoms with Crippen LogP contribution in [-0.4, -0.2) is 15.9 Å². The van der Waals surface area contributed by atoms with Crippen LogP contribution in [0.4, 0.5) is 5.13 Å². The van der Waals surface area contributed by atoms with Crippen molar-refractivity contribution in [3.8, 4) is 11.6 Å². The fourth-order valence-electron chi connectivity index (χ4n) is 1.14. The van der Waals surface area contributed by atoms with Crippen LogP contribution in [0.1, 0.15) is 12.5 Å². The van der Waals surface area contributed by atoms with Crippen molar-refractivity contribution in [1.82, 2.24) is 9.36 Å². The second kappa shape index (κ2) is 3.79. The molecule has 2 rings (SSSR count). The van der Waals surface area contributed by atoms with Crippen molar-refractivity contribution in [3.63, 3.8) is 0 Å². The van der Waals surface area contributed by atoms with Crippen LogP contribution in [0.3, 0.4) is 0 Å². The molecule has 14 heavy (non-hydrogen) atoms. The Kier molecular flexibility index (Phi) is 2.49. The molecule has 2 heterocycles. The van der Waals surface area contributed by atoms with Gasteiger partial charge in [-0.05, 0) is 25.5 Å². The van der Waals surface area contributed by atoms with Crippen molar-refractivity contribution in [2.75, 3.05) is 11.9 Å². The molecular weight excluding hydrogens is 198 g/mol. The number of aromatic nitrogens is 2. The summed E-state index contributed by atoms with van der Waals surface area (Å²) in [4.78, 5) is 4.31. The summed E-state index contributed by atoms with van der Waals surface area (Å²) in [5.74, 6) is 1.42. The van der Waals surface area contributed by atoms with Gasteiger partial charge in [-0.1, -0.05) is 0 Å². The van der Waals surface area contributed by atoms with Crippen LogP contribution in [0.5, 0.6) is 0 Å². The summed E-state index contributed by atoms with van der Waals surface area (Å²) in [6.07, 6.45) is 1.65. The molecule has 0 aliphatic carbocycles. The Morgan fingerprint density at radius 2 is 2.43 bits per heavy atom. The van der Waals surface area contributed by atoms with Gasteiger partial charge < -0.3 is 9.73 Å². The maximum atomic E-state index is 5.30. The lowest BCUT2D eigenvalue weighted by molar-refractivity contribution is 0.577. The Hall–Kier alpha value is -1.36. The summed E-state index contributed by atoms with van der Waals surface area (Å²) in [5.41, 5.74) is 1.06. The van der Waals surface area contributed by atoms with E-state index in [9.17, 15) is 0 Å². The molecule has 0 aliphatic rings. The first-order valence-electron chi connectivity index (χ1n) is 4.43. The Morgan fingerprint density at radius 1 is 1.57 bits per heavy atom. The monoisotopic (exact) mass is 209 g/mol. The Morgan fingerprint density at radius 3 is 3.07 bits per heavy atom. The molecule has 0 amide bonds. The predicted octanol–water partition coefficient (Wildman–Crippen LogP) is 2.54. The number of nitrogens with zero attached hydrogens (tertiary/aromatic N) is 2. The lowest BCUT2D eigenvalue weighted by Gasteiger charge is -1.92. The number of hydrogen-bond acceptors (Lipinski definition) is 5. The number of hydrogen-bond donors (Lipinski definition) is 1. The van der Waals surface area contributed by atoms with Crippen LogP contribution in [-0.2, 0) is 0 Å². The zero-order chi connectivity index (χ0) is 9.97. The van der Waals surface area contributed by atoms with Crippen LogP contribution in [0.15, 0.2) is 16.7 Å². The molecule has 0 fully saturated rings. The highest BCUT2D eigenvalue weighted by molar-refractivity contribution is 7.09. The molecule has 0 aliphatic heterocycles. The molecule has 4 nitrogen and oxygen atoms in total. The van der Waals surface area contributed by atoms with E-state index >= 15 is 0 Å². The largest absolute Gasteiger partial charge is 0.461 e. The first-order valence-corrected chi connectivity index (χ1v) is 5.20. The van der Waals surface area contributed by atoms with Crippen LogP contribution in [0.25, 0.3) is 11.6 Å². The zero-order valence-electron chi connectivity index (χ0n) is 8.07. The first-order chi connectivity index (χ1) is 6.81. The third-order valence-corrected chi connectivity index (χ3v) is 2.49. The average molecular weight is 209 g/mol. The fraction of sp³-hybridized carbons (Fsp3) is 0.333. The zero-order valence-corrected chi connectivity index (χ0v) is 8.89. The Bertz CT molecular complexity index is 421. The summed E-state index contributed by atoms with van der Waals surface area (Å²) < 4.78 is 9.51. The first kappa shape index (κ1) is 9.21. The van der Waals surface area contributed by atoms with Gasteiger partial charge in [0.1, 0.15) is 0 Å². The maximum absolute atomic E-state index is 5.30. The van der Waals surface area contributed by atoms with E-state index < -0.39 is 0 Å². The lowest BCUT2D eigenvalue weighted by Crippen LogP contribution is -1.94. The van der Waals surface area contributed by atoms with Gasteiger partial charge in [0.2, 0.25) is 11.0 Å². The smallest absolute Gasteiger partial charge is 0.210 e. The van der Waals surface area contributed by atoms with Crippen LogP contribution < -0.4 is 5.32 Å². The standard InChI is InChI=1S/C9H11N3OS/c1-3-10-9-11-8(12-14-9)7-6(2)4-5-13-7/h4-5H,3H2,1-2H3,(H,10,11,12). The highest BCUT2D eigenvalue weighted by Gasteiger charge is 2.11. The van der Waals surface area contributed by atoms with E-state index in [0.717, 1.165) is 23.0 Å². The van der Waals surface area contributed by atoms with E-state index in [-0.39, 0.29) is 0 Å². The third kappa shape index (κ3) is 1.63. The van der Waals surface area contributed by atoms with E-state index in [2.05, 4.69) is 14.7 Å². The molecule has 2 aromatic rings. The summed E-state index contributed by atoms with van der Waals surface area (Å²) >= 11 is 1.35. The van der Waals surface area contributed by atoms with Crippen molar-refractivity contribution in [2.24, 2.45) is 0 Å². The van der Waals surface area contributed by atoms with Gasteiger partial charge in [-0.2, -0.15) is 9.36 Å². The summed E-state index contributed by atoms with van der Waals surface area (Å²) in [5, 5.41) is 3.94. The molecule has 0 unspecified atom stereocenters. The third-order valence-electron chi connectivity index (χ3n) is 1.82. The highest BCUT2D eigenvalue weighted by atomic mass is 32.1. The molecule has 0 radical (unpaired) electrons. The molecular formula is C9H11N3OS. The number of nitrogens with one attached hydrogen (secondary N) is 1. The topological polar surface area (TPSA) is 51.0 Å². The van der Waals surface area contributed by atoms with Crippen molar-refractivity contribution in [1.29, 1.82) is 0 Å². The summed E-state index contributed by atoms with van der Waals surface area (Å²) in [6.45, 7) is 4.86. The fourth-order valence-corrected chi connectivity index (χ4v) is 1.77. The molecule has 1 N–H and O–H groups in total. The number of anilines is 1. The molecule has 0 atom stereocenters. The van der Waals surface area contributed by atoms with Gasteiger partial charge in [-0.3, -0.25) is 0 Å². The van der Waals surface area contributed by atoms with Gasteiger partial charge in [0.15, 0.2) is 5.76 Å². The minimum atomic E-state index is 0.661. The summed E-state index contributed by atoms with van der Waals surface area (Å²) in [6, 6.07) is 1.91. The normalized spacial score (nSPS) is 10.4. The number of rotatable bonds is 3. The SMILES string of the molecule is CCNc1nc(-c2occc2C)ns1. The van der Waals surface area contributed by atoms with E-state index in [0.29, 0.717) is 5.82 Å². The minimum Gasteiger partial charge on any atom is -0.461 e. The highest BCUT2D eigenvalue weighted by Crippen LogP contribution is 2.24. The van der Waals surface area contributed by atoms with Crippen molar-refractivity contribution >= 4 is 16.7 Å². The number of aryl methyl sites for hydroxylation is 1. The van der Waals surface area contributed by atoms with Crippen LogP contribution in [0.2, 0.25) is 0 Å². The number of furan rings is 1. The lowest BCUT2D eigenvalue weighted by atomic mass is 10.3. The quantitative estimate of drug-likeness (QED) is 0.844. The minimum absolute atomic E-state index is 0.661. The Labute approximate surface area is 86.1 Å². The molecule has 5 heteroatoms. The Balaban J connectivity index is 2.29. The van der Waals surface area contributed by atoms with Crippen molar-refractivity contribution in [2.45, 2.75) is 13.8 Å². The van der Waals surface area contributed by atoms with E-state index in [4.69, 9.17) is 4.42 Å². The van der Waals surface area contributed by atoms with Gasteiger partial charge in [-0.15, -0.1) is 0 Å². The molecule has 74 valence electrons. The predicted molar refractivity (Wildman–Crippen MR) is 56.5 cm³/mol. The van der Waals surface area contributed by atoms with Gasteiger partial charge in [0.25, 0.3) is 0 Å². The molecule has 0 spiro atoms. The second-order valence-electron chi connectivity index (χ2n) is 2.89. The molecule has 2 aromatic heterocycles. The van der Waals surface area contributed by atoms with Gasteiger partial charge in [0.05, 0.1) is 6.26 Å². The van der Waals surface area contributed by atoms with Gasteiger partial charge >= 0.3 is 0 Å². The molecule has 0 aromatic carbocycles. The van der Waals surface area contributed by atoms with Crippen LogP contribution >= 0.6 is 11.5 Å². The summed E-state index contributed by atoms with van der Waals surface area (Å²) in [7, 11) is 0. The van der Waals surface area contributed by atoms with E-state index in [1.165, 1.54) is 11.5 Å². The van der Waals surface area contributed by atoms with Crippen molar-refractivity contribution < 1.29 is 4.42 Å².